The quantitative estimate of drug-likeness (QED) is 0.510. The molecule has 1 saturated heterocycles. The summed E-state index contributed by atoms with van der Waals surface area (Å²) in [5.41, 5.74) is 0. The maximum absolute atomic E-state index is 5.18. The van der Waals surface area contributed by atoms with Gasteiger partial charge < -0.3 is 4.74 Å². The second kappa shape index (κ2) is 3.02. The van der Waals surface area contributed by atoms with E-state index in [2.05, 4.69) is 10.6 Å². The third-order valence-corrected chi connectivity index (χ3v) is 1.12. The molecule has 0 radical (unpaired) electrons. The highest BCUT2D eigenvalue weighted by Crippen LogP contribution is 1.85. The minimum absolute atomic E-state index is 0.111. The SMILES string of the molecule is CCOC1NCCN1. The monoisotopic (exact) mass is 116 g/mol. The largest absolute Gasteiger partial charge is 0.350 e. The lowest BCUT2D eigenvalue weighted by Gasteiger charge is -2.08. The molecule has 1 heterocycles. The van der Waals surface area contributed by atoms with Gasteiger partial charge in [0.2, 0.25) is 0 Å². The summed E-state index contributed by atoms with van der Waals surface area (Å²) in [5, 5.41) is 6.25. The summed E-state index contributed by atoms with van der Waals surface area (Å²) in [6.45, 7) is 4.79. The molecule has 0 amide bonds. The molecule has 0 aromatic rings. The predicted octanol–water partition coefficient (Wildman–Crippen LogP) is -0.501. The summed E-state index contributed by atoms with van der Waals surface area (Å²) >= 11 is 0. The molecule has 3 nitrogen and oxygen atoms in total. The molecule has 1 aliphatic rings. The Labute approximate surface area is 49.4 Å². The zero-order chi connectivity index (χ0) is 5.82. The Balaban J connectivity index is 2.06. The van der Waals surface area contributed by atoms with Crippen molar-refractivity contribution in [3.63, 3.8) is 0 Å². The van der Waals surface area contributed by atoms with Gasteiger partial charge in [-0.3, -0.25) is 10.6 Å². The molecule has 0 unspecified atom stereocenters. The first-order chi connectivity index (χ1) is 3.93. The normalized spacial score (nSPS) is 22.1. The second-order valence-electron chi connectivity index (χ2n) is 1.74. The van der Waals surface area contributed by atoms with Gasteiger partial charge >= 0.3 is 0 Å². The van der Waals surface area contributed by atoms with E-state index in [1.54, 1.807) is 0 Å². The average Bonchev–Trinajstić information content (AvgIpc) is 2.19. The van der Waals surface area contributed by atoms with E-state index in [4.69, 9.17) is 4.74 Å². The molecule has 8 heavy (non-hydrogen) atoms. The molecule has 3 heteroatoms. The standard InChI is InChI=1S/C5H12N2O/c1-2-8-5-6-3-4-7-5/h5-7H,2-4H2,1H3. The van der Waals surface area contributed by atoms with E-state index in [1.807, 2.05) is 6.92 Å². The van der Waals surface area contributed by atoms with Crippen LogP contribution in [0.1, 0.15) is 6.92 Å². The van der Waals surface area contributed by atoms with Crippen LogP contribution in [0.15, 0.2) is 0 Å². The van der Waals surface area contributed by atoms with Gasteiger partial charge in [-0.25, -0.2) is 0 Å². The summed E-state index contributed by atoms with van der Waals surface area (Å²) < 4.78 is 5.18. The van der Waals surface area contributed by atoms with E-state index in [0.29, 0.717) is 0 Å². The summed E-state index contributed by atoms with van der Waals surface area (Å²) in [4.78, 5) is 0. The van der Waals surface area contributed by atoms with E-state index in [-0.39, 0.29) is 6.35 Å². The number of rotatable bonds is 2. The molecule has 0 atom stereocenters. The fourth-order valence-electron chi connectivity index (χ4n) is 0.763. The molecule has 1 aliphatic heterocycles. The van der Waals surface area contributed by atoms with Crippen LogP contribution in [-0.4, -0.2) is 26.0 Å². The highest BCUT2D eigenvalue weighted by atomic mass is 16.5. The first-order valence-corrected chi connectivity index (χ1v) is 3.02. The Morgan fingerprint density at radius 3 is 2.62 bits per heavy atom. The highest BCUT2D eigenvalue weighted by molar-refractivity contribution is 4.63. The third kappa shape index (κ3) is 1.43. The first-order valence-electron chi connectivity index (χ1n) is 3.02. The van der Waals surface area contributed by atoms with Crippen LogP contribution in [0, 0.1) is 0 Å². The molecular weight excluding hydrogens is 104 g/mol. The van der Waals surface area contributed by atoms with Gasteiger partial charge in [0, 0.05) is 19.7 Å². The van der Waals surface area contributed by atoms with E-state index in [9.17, 15) is 0 Å². The van der Waals surface area contributed by atoms with Gasteiger partial charge in [-0.15, -0.1) is 0 Å². The van der Waals surface area contributed by atoms with Crippen molar-refractivity contribution in [3.05, 3.63) is 0 Å². The van der Waals surface area contributed by atoms with Gasteiger partial charge in [0.15, 0.2) is 6.35 Å². The summed E-state index contributed by atoms with van der Waals surface area (Å²) in [6.07, 6.45) is 0.111. The van der Waals surface area contributed by atoms with Crippen molar-refractivity contribution in [1.29, 1.82) is 0 Å². The topological polar surface area (TPSA) is 33.3 Å². The van der Waals surface area contributed by atoms with Crippen LogP contribution in [0.25, 0.3) is 0 Å². The first kappa shape index (κ1) is 6.01. The second-order valence-corrected chi connectivity index (χ2v) is 1.74. The van der Waals surface area contributed by atoms with E-state index in [1.165, 1.54) is 0 Å². The van der Waals surface area contributed by atoms with Crippen LogP contribution in [0.2, 0.25) is 0 Å². The Morgan fingerprint density at radius 1 is 1.50 bits per heavy atom. The Kier molecular flexibility index (Phi) is 2.27. The van der Waals surface area contributed by atoms with Crippen molar-refractivity contribution in [2.75, 3.05) is 19.7 Å². The smallest absolute Gasteiger partial charge is 0.163 e. The highest BCUT2D eigenvalue weighted by Gasteiger charge is 2.10. The van der Waals surface area contributed by atoms with Crippen LogP contribution in [0.3, 0.4) is 0 Å². The van der Waals surface area contributed by atoms with E-state index < -0.39 is 0 Å². The van der Waals surface area contributed by atoms with Crippen LogP contribution < -0.4 is 10.6 Å². The molecule has 2 N–H and O–H groups in total. The van der Waals surface area contributed by atoms with Crippen molar-refractivity contribution in [1.82, 2.24) is 10.6 Å². The number of hydrogen-bond donors (Lipinski definition) is 2. The van der Waals surface area contributed by atoms with Crippen molar-refractivity contribution in [2.45, 2.75) is 13.3 Å². The fourth-order valence-corrected chi connectivity index (χ4v) is 0.763. The molecule has 48 valence electrons. The van der Waals surface area contributed by atoms with Crippen LogP contribution in [0.5, 0.6) is 0 Å². The van der Waals surface area contributed by atoms with Gasteiger partial charge in [0.25, 0.3) is 0 Å². The molecule has 0 spiro atoms. The maximum Gasteiger partial charge on any atom is 0.163 e. The maximum atomic E-state index is 5.18. The third-order valence-electron chi connectivity index (χ3n) is 1.12. The van der Waals surface area contributed by atoms with Gasteiger partial charge in [0.05, 0.1) is 0 Å². The fraction of sp³-hybridized carbons (Fsp3) is 1.00. The van der Waals surface area contributed by atoms with Gasteiger partial charge in [-0.1, -0.05) is 0 Å². The minimum atomic E-state index is 0.111. The predicted molar refractivity (Wildman–Crippen MR) is 31.4 cm³/mol. The number of nitrogens with one attached hydrogen (secondary N) is 2. The van der Waals surface area contributed by atoms with Crippen molar-refractivity contribution in [2.24, 2.45) is 0 Å². The summed E-state index contributed by atoms with van der Waals surface area (Å²) in [7, 11) is 0. The van der Waals surface area contributed by atoms with Crippen LogP contribution in [-0.2, 0) is 4.74 Å². The molecular formula is C5H12N2O. The Bertz CT molecular complexity index is 61.4. The molecule has 0 aliphatic carbocycles. The molecule has 0 saturated carbocycles. The average molecular weight is 116 g/mol. The van der Waals surface area contributed by atoms with Gasteiger partial charge in [-0.2, -0.15) is 0 Å². The van der Waals surface area contributed by atoms with Crippen molar-refractivity contribution >= 4 is 0 Å². The lowest BCUT2D eigenvalue weighted by molar-refractivity contribution is 0.0373. The molecule has 0 aromatic carbocycles. The zero-order valence-corrected chi connectivity index (χ0v) is 5.11. The van der Waals surface area contributed by atoms with E-state index in [0.717, 1.165) is 19.7 Å². The summed E-state index contributed by atoms with van der Waals surface area (Å²) in [6, 6.07) is 0. The zero-order valence-electron chi connectivity index (χ0n) is 5.11. The van der Waals surface area contributed by atoms with Gasteiger partial charge in [-0.05, 0) is 6.92 Å². The summed E-state index contributed by atoms with van der Waals surface area (Å²) in [5.74, 6) is 0. The van der Waals surface area contributed by atoms with Crippen LogP contribution in [0.4, 0.5) is 0 Å². The lowest BCUT2D eigenvalue weighted by Crippen LogP contribution is -2.33. The lowest BCUT2D eigenvalue weighted by atomic mass is 10.7. The Hall–Kier alpha value is -0.120. The molecule has 0 bridgehead atoms. The van der Waals surface area contributed by atoms with Crippen molar-refractivity contribution < 1.29 is 4.74 Å². The van der Waals surface area contributed by atoms with Gasteiger partial charge in [0.1, 0.15) is 0 Å². The number of ether oxygens (including phenoxy) is 1. The Morgan fingerprint density at radius 2 is 2.12 bits per heavy atom. The number of hydrogen-bond acceptors (Lipinski definition) is 3. The van der Waals surface area contributed by atoms with E-state index >= 15 is 0 Å². The molecule has 1 fully saturated rings. The van der Waals surface area contributed by atoms with Crippen molar-refractivity contribution in [3.8, 4) is 0 Å². The molecule has 1 rings (SSSR count). The molecule has 0 aromatic heterocycles. The minimum Gasteiger partial charge on any atom is -0.350 e. The van der Waals surface area contributed by atoms with Crippen LogP contribution >= 0.6 is 0 Å².